The van der Waals surface area contributed by atoms with Crippen molar-refractivity contribution in [2.24, 2.45) is 0 Å². The van der Waals surface area contributed by atoms with Crippen molar-refractivity contribution < 1.29 is 9.59 Å². The van der Waals surface area contributed by atoms with Crippen LogP contribution in [0.25, 0.3) is 5.69 Å². The number of para-hydroxylation sites is 1. The fourth-order valence-corrected chi connectivity index (χ4v) is 5.03. The average Bonchev–Trinajstić information content (AvgIpc) is 3.40. The quantitative estimate of drug-likeness (QED) is 0.615. The van der Waals surface area contributed by atoms with Gasteiger partial charge in [0.1, 0.15) is 6.04 Å². The third kappa shape index (κ3) is 4.23. The van der Waals surface area contributed by atoms with Crippen molar-refractivity contribution in [3.63, 3.8) is 0 Å². The van der Waals surface area contributed by atoms with Gasteiger partial charge in [0.05, 0.1) is 17.3 Å². The second-order valence-electron chi connectivity index (χ2n) is 7.75. The van der Waals surface area contributed by atoms with E-state index < -0.39 is 6.04 Å². The first-order chi connectivity index (χ1) is 15.0. The number of aromatic nitrogens is 2. The fraction of sp³-hybridized carbons (Fsp3) is 0.292. The molecule has 1 aliphatic heterocycles. The Balaban J connectivity index is 1.51. The van der Waals surface area contributed by atoms with E-state index in [-0.39, 0.29) is 11.8 Å². The first-order valence-corrected chi connectivity index (χ1v) is 11.4. The van der Waals surface area contributed by atoms with Crippen molar-refractivity contribution in [1.82, 2.24) is 19.6 Å². The molecule has 1 fully saturated rings. The van der Waals surface area contributed by atoms with Gasteiger partial charge in [0, 0.05) is 36.2 Å². The summed E-state index contributed by atoms with van der Waals surface area (Å²) in [5.74, 6) is 1.01. The molecule has 2 amide bonds. The Morgan fingerprint density at radius 1 is 1.06 bits per heavy atom. The molecule has 0 N–H and O–H groups in total. The highest BCUT2D eigenvalue weighted by molar-refractivity contribution is 7.99. The van der Waals surface area contributed by atoms with E-state index in [0.717, 1.165) is 22.6 Å². The molecule has 1 aliphatic rings. The number of amides is 2. The minimum Gasteiger partial charge on any atom is -0.339 e. The molecule has 1 aromatic heterocycles. The Kier molecular flexibility index (Phi) is 6.13. The van der Waals surface area contributed by atoms with Gasteiger partial charge in [-0.15, -0.1) is 11.8 Å². The maximum atomic E-state index is 13.3. The molecule has 1 saturated heterocycles. The third-order valence-electron chi connectivity index (χ3n) is 5.66. The number of nitrogens with zero attached hydrogens (tertiary/aromatic N) is 4. The summed E-state index contributed by atoms with van der Waals surface area (Å²) < 4.78 is 1.92. The van der Waals surface area contributed by atoms with Gasteiger partial charge in [-0.25, -0.2) is 4.68 Å². The van der Waals surface area contributed by atoms with Crippen LogP contribution >= 0.6 is 11.8 Å². The van der Waals surface area contributed by atoms with Crippen LogP contribution in [-0.2, 0) is 11.3 Å². The largest absolute Gasteiger partial charge is 0.339 e. The van der Waals surface area contributed by atoms with Crippen LogP contribution < -0.4 is 0 Å². The van der Waals surface area contributed by atoms with Gasteiger partial charge in [0.2, 0.25) is 5.91 Å². The van der Waals surface area contributed by atoms with Gasteiger partial charge in [0.25, 0.3) is 5.91 Å². The third-order valence-corrected chi connectivity index (χ3v) is 6.67. The fourth-order valence-electron chi connectivity index (χ4n) is 3.89. The van der Waals surface area contributed by atoms with Crippen LogP contribution in [0.4, 0.5) is 0 Å². The van der Waals surface area contributed by atoms with Gasteiger partial charge in [-0.2, -0.15) is 5.10 Å². The van der Waals surface area contributed by atoms with Crippen molar-refractivity contribution >= 4 is 23.6 Å². The van der Waals surface area contributed by atoms with Crippen LogP contribution in [0.1, 0.15) is 27.3 Å². The highest BCUT2D eigenvalue weighted by Gasteiger charge is 2.36. The normalized spacial score (nSPS) is 15.8. The maximum Gasteiger partial charge on any atom is 0.255 e. The van der Waals surface area contributed by atoms with E-state index in [0.29, 0.717) is 23.7 Å². The summed E-state index contributed by atoms with van der Waals surface area (Å²) in [6.45, 7) is 4.45. The van der Waals surface area contributed by atoms with Gasteiger partial charge in [-0.1, -0.05) is 36.4 Å². The van der Waals surface area contributed by atoms with Crippen molar-refractivity contribution in [3.8, 4) is 5.69 Å². The summed E-state index contributed by atoms with van der Waals surface area (Å²) in [6.07, 6.45) is 0. The van der Waals surface area contributed by atoms with Crippen LogP contribution in [0.5, 0.6) is 0 Å². The number of likely N-dealkylation sites (N-methyl/N-ethyl adjacent to an activating group) is 1. The number of benzene rings is 2. The van der Waals surface area contributed by atoms with Crippen LogP contribution in [0.3, 0.4) is 0 Å². The number of aryl methyl sites for hydroxylation is 1. The van der Waals surface area contributed by atoms with Crippen LogP contribution in [-0.4, -0.2) is 56.1 Å². The van der Waals surface area contributed by atoms with Crippen molar-refractivity contribution in [1.29, 1.82) is 0 Å². The molecule has 2 heterocycles. The summed E-state index contributed by atoms with van der Waals surface area (Å²) >= 11 is 1.61. The Morgan fingerprint density at radius 2 is 1.71 bits per heavy atom. The van der Waals surface area contributed by atoms with Crippen molar-refractivity contribution in [2.45, 2.75) is 26.4 Å². The molecule has 2 aromatic carbocycles. The monoisotopic (exact) mass is 434 g/mol. The van der Waals surface area contributed by atoms with E-state index >= 15 is 0 Å². The summed E-state index contributed by atoms with van der Waals surface area (Å²) in [5.41, 5.74) is 4.56. The second kappa shape index (κ2) is 8.98. The molecule has 31 heavy (non-hydrogen) atoms. The summed E-state index contributed by atoms with van der Waals surface area (Å²) in [6, 6.07) is 18.7. The van der Waals surface area contributed by atoms with E-state index in [4.69, 9.17) is 0 Å². The molecule has 4 rings (SSSR count). The molecule has 160 valence electrons. The molecule has 3 aromatic rings. The molecule has 0 unspecified atom stereocenters. The zero-order valence-corrected chi connectivity index (χ0v) is 18.8. The molecule has 0 bridgehead atoms. The van der Waals surface area contributed by atoms with E-state index in [9.17, 15) is 9.59 Å². The Hall–Kier alpha value is -3.06. The van der Waals surface area contributed by atoms with Crippen molar-refractivity contribution in [2.75, 3.05) is 18.7 Å². The van der Waals surface area contributed by atoms with Crippen molar-refractivity contribution in [3.05, 3.63) is 83.2 Å². The molecule has 0 spiro atoms. The molecule has 6 nitrogen and oxygen atoms in total. The average molecular weight is 435 g/mol. The highest BCUT2D eigenvalue weighted by Crippen LogP contribution is 2.26. The first-order valence-electron chi connectivity index (χ1n) is 10.3. The zero-order valence-electron chi connectivity index (χ0n) is 18.0. The zero-order chi connectivity index (χ0) is 22.0. The number of carbonyl (C=O) groups is 2. The van der Waals surface area contributed by atoms with Crippen LogP contribution in [0.2, 0.25) is 0 Å². The van der Waals surface area contributed by atoms with E-state index in [1.807, 2.05) is 67.1 Å². The number of carbonyl (C=O) groups excluding carboxylic acids is 2. The van der Waals surface area contributed by atoms with Gasteiger partial charge in [-0.05, 0) is 38.1 Å². The lowest BCUT2D eigenvalue weighted by Gasteiger charge is -2.27. The molecule has 1 atom stereocenters. The molecular formula is C24H26N4O2S. The minimum atomic E-state index is -0.451. The second-order valence-corrected chi connectivity index (χ2v) is 8.75. The molecular weight excluding hydrogens is 408 g/mol. The maximum absolute atomic E-state index is 13.3. The topological polar surface area (TPSA) is 58.4 Å². The van der Waals surface area contributed by atoms with Crippen LogP contribution in [0, 0.1) is 13.8 Å². The Morgan fingerprint density at radius 3 is 2.39 bits per heavy atom. The van der Waals surface area contributed by atoms with E-state index in [1.165, 1.54) is 0 Å². The number of rotatable bonds is 5. The first kappa shape index (κ1) is 21.2. The Bertz CT molecular complexity index is 1080. The smallest absolute Gasteiger partial charge is 0.255 e. The summed E-state index contributed by atoms with van der Waals surface area (Å²) in [7, 11) is 1.80. The summed E-state index contributed by atoms with van der Waals surface area (Å²) in [5, 5.41) is 4.68. The van der Waals surface area contributed by atoms with E-state index in [2.05, 4.69) is 5.10 Å². The van der Waals surface area contributed by atoms with Gasteiger partial charge >= 0.3 is 0 Å². The Labute approximate surface area is 186 Å². The lowest BCUT2D eigenvalue weighted by molar-refractivity contribution is -0.134. The summed E-state index contributed by atoms with van der Waals surface area (Å²) in [4.78, 5) is 29.6. The lowest BCUT2D eigenvalue weighted by Crippen LogP contribution is -2.47. The lowest BCUT2D eigenvalue weighted by atomic mass is 10.1. The number of thioether (sulfide) groups is 1. The van der Waals surface area contributed by atoms with E-state index in [1.54, 1.807) is 40.7 Å². The molecule has 0 radical (unpaired) electrons. The van der Waals surface area contributed by atoms with Gasteiger partial charge in [0.15, 0.2) is 0 Å². The molecule has 0 aliphatic carbocycles. The SMILES string of the molecule is Cc1nn(-c2ccccc2)c(C)c1CN(C)C(=O)[C@@H]1CSCN1C(=O)c1ccccc1. The predicted octanol–water partition coefficient (Wildman–Crippen LogP) is 3.66. The highest BCUT2D eigenvalue weighted by atomic mass is 32.2. The standard InChI is InChI=1S/C24H26N4O2S/c1-17-21(18(2)28(25-17)20-12-8-5-9-13-20)14-26(3)24(30)22-15-31-16-27(22)23(29)19-10-6-4-7-11-19/h4-13,22H,14-16H2,1-3H3/t22-/m0/s1. The van der Waals surface area contributed by atoms with Crippen LogP contribution in [0.15, 0.2) is 60.7 Å². The van der Waals surface area contributed by atoms with Gasteiger partial charge < -0.3 is 9.80 Å². The minimum absolute atomic E-state index is 0.0412. The molecule has 0 saturated carbocycles. The molecule has 7 heteroatoms. The van der Waals surface area contributed by atoms with Gasteiger partial charge in [-0.3, -0.25) is 9.59 Å². The predicted molar refractivity (Wildman–Crippen MR) is 123 cm³/mol. The number of hydrogen-bond donors (Lipinski definition) is 0. The number of hydrogen-bond acceptors (Lipinski definition) is 4.